The largest absolute Gasteiger partial charge is 0.497 e. The van der Waals surface area contributed by atoms with Crippen molar-refractivity contribution in [3.63, 3.8) is 0 Å². The fourth-order valence-corrected chi connectivity index (χ4v) is 3.49. The van der Waals surface area contributed by atoms with E-state index in [-0.39, 0.29) is 22.0 Å². The van der Waals surface area contributed by atoms with E-state index in [1.54, 1.807) is 38.1 Å². The summed E-state index contributed by atoms with van der Waals surface area (Å²) < 4.78 is 14.5. The standard InChI is InChI=1S/C19H20N2O7S/c1-5-28-19(25)16(23)21-17-13(18(24)27-4)10(2)14(29-17)15(22)20-11-7-6-8-12(9-11)26-3/h6-9H,5H2,1-4H3,(H,20,22)(H,21,23). The van der Waals surface area contributed by atoms with Crippen molar-refractivity contribution in [1.29, 1.82) is 0 Å². The number of hydrogen-bond acceptors (Lipinski definition) is 8. The van der Waals surface area contributed by atoms with Crippen LogP contribution in [0.15, 0.2) is 24.3 Å². The molecule has 0 aliphatic rings. The first-order valence-electron chi connectivity index (χ1n) is 8.47. The third-order valence-electron chi connectivity index (χ3n) is 3.76. The van der Waals surface area contributed by atoms with Crippen LogP contribution in [0.2, 0.25) is 0 Å². The number of anilines is 2. The fraction of sp³-hybridized carbons (Fsp3) is 0.263. The maximum Gasteiger partial charge on any atom is 0.397 e. The second-order valence-electron chi connectivity index (χ2n) is 5.61. The van der Waals surface area contributed by atoms with Gasteiger partial charge in [0.2, 0.25) is 0 Å². The highest BCUT2D eigenvalue weighted by Gasteiger charge is 2.28. The quantitative estimate of drug-likeness (QED) is 0.544. The molecular formula is C19H20N2O7S. The zero-order chi connectivity index (χ0) is 21.6. The van der Waals surface area contributed by atoms with Crippen LogP contribution in [0.5, 0.6) is 5.75 Å². The minimum Gasteiger partial charge on any atom is -0.497 e. The van der Waals surface area contributed by atoms with Gasteiger partial charge in [-0.1, -0.05) is 6.07 Å². The Morgan fingerprint density at radius 3 is 2.45 bits per heavy atom. The molecule has 0 atom stereocenters. The molecular weight excluding hydrogens is 400 g/mol. The van der Waals surface area contributed by atoms with Gasteiger partial charge in [0.25, 0.3) is 5.91 Å². The van der Waals surface area contributed by atoms with Gasteiger partial charge in [0.05, 0.1) is 31.3 Å². The van der Waals surface area contributed by atoms with E-state index in [1.807, 2.05) is 0 Å². The summed E-state index contributed by atoms with van der Waals surface area (Å²) in [4.78, 5) is 48.6. The van der Waals surface area contributed by atoms with Crippen molar-refractivity contribution in [2.75, 3.05) is 31.5 Å². The summed E-state index contributed by atoms with van der Waals surface area (Å²) in [5.74, 6) is -2.85. The van der Waals surface area contributed by atoms with E-state index < -0.39 is 23.8 Å². The molecule has 0 saturated heterocycles. The normalized spacial score (nSPS) is 10.1. The molecule has 154 valence electrons. The minimum atomic E-state index is -1.10. The van der Waals surface area contributed by atoms with Gasteiger partial charge in [0.15, 0.2) is 0 Å². The Kier molecular flexibility index (Phi) is 7.32. The van der Waals surface area contributed by atoms with Crippen LogP contribution in [-0.2, 0) is 19.1 Å². The number of rotatable bonds is 6. The summed E-state index contributed by atoms with van der Waals surface area (Å²) in [6.45, 7) is 3.12. The smallest absolute Gasteiger partial charge is 0.397 e. The zero-order valence-corrected chi connectivity index (χ0v) is 17.1. The Labute approximate surface area is 170 Å². The lowest BCUT2D eigenvalue weighted by atomic mass is 10.1. The molecule has 1 heterocycles. The molecule has 1 aromatic heterocycles. The number of carbonyl (C=O) groups excluding carboxylic acids is 4. The van der Waals surface area contributed by atoms with Gasteiger partial charge in [-0.15, -0.1) is 11.3 Å². The van der Waals surface area contributed by atoms with E-state index >= 15 is 0 Å². The predicted octanol–water partition coefficient (Wildman–Crippen LogP) is 2.61. The van der Waals surface area contributed by atoms with E-state index in [1.165, 1.54) is 14.2 Å². The summed E-state index contributed by atoms with van der Waals surface area (Å²) in [5.41, 5.74) is 0.784. The Hall–Kier alpha value is -3.40. The second kappa shape index (κ2) is 9.69. The van der Waals surface area contributed by atoms with E-state index in [9.17, 15) is 19.2 Å². The van der Waals surface area contributed by atoms with Gasteiger partial charge in [0.1, 0.15) is 10.8 Å². The predicted molar refractivity (Wildman–Crippen MR) is 107 cm³/mol. The highest BCUT2D eigenvalue weighted by atomic mass is 32.1. The van der Waals surface area contributed by atoms with Crippen molar-refractivity contribution in [2.24, 2.45) is 0 Å². The number of nitrogens with one attached hydrogen (secondary N) is 2. The Morgan fingerprint density at radius 1 is 1.10 bits per heavy atom. The molecule has 2 N–H and O–H groups in total. The molecule has 2 rings (SSSR count). The molecule has 0 radical (unpaired) electrons. The maximum absolute atomic E-state index is 12.7. The second-order valence-corrected chi connectivity index (χ2v) is 6.63. The fourth-order valence-electron chi connectivity index (χ4n) is 2.41. The van der Waals surface area contributed by atoms with Crippen LogP contribution in [0.3, 0.4) is 0 Å². The lowest BCUT2D eigenvalue weighted by Gasteiger charge is -2.06. The van der Waals surface area contributed by atoms with Crippen LogP contribution in [0, 0.1) is 6.92 Å². The highest BCUT2D eigenvalue weighted by molar-refractivity contribution is 7.19. The lowest BCUT2D eigenvalue weighted by molar-refractivity contribution is -0.152. The molecule has 0 fully saturated rings. The summed E-state index contributed by atoms with van der Waals surface area (Å²) in [6, 6.07) is 6.74. The number of thiophene rings is 1. The lowest BCUT2D eigenvalue weighted by Crippen LogP contribution is -2.25. The topological polar surface area (TPSA) is 120 Å². The maximum atomic E-state index is 12.7. The molecule has 1 aromatic carbocycles. The van der Waals surface area contributed by atoms with Gasteiger partial charge >= 0.3 is 17.8 Å². The average molecular weight is 420 g/mol. The number of methoxy groups -OCH3 is 2. The van der Waals surface area contributed by atoms with Gasteiger partial charge < -0.3 is 24.8 Å². The summed E-state index contributed by atoms with van der Waals surface area (Å²) >= 11 is 0.847. The molecule has 2 amide bonds. The van der Waals surface area contributed by atoms with Gasteiger partial charge in [0, 0.05) is 11.8 Å². The highest BCUT2D eigenvalue weighted by Crippen LogP contribution is 2.34. The van der Waals surface area contributed by atoms with Crippen molar-refractivity contribution in [2.45, 2.75) is 13.8 Å². The third-order valence-corrected chi connectivity index (χ3v) is 4.96. The summed E-state index contributed by atoms with van der Waals surface area (Å²) in [7, 11) is 2.68. The molecule has 2 aromatic rings. The number of hydrogen-bond donors (Lipinski definition) is 2. The summed E-state index contributed by atoms with van der Waals surface area (Å²) in [6.07, 6.45) is 0. The van der Waals surface area contributed by atoms with E-state index in [4.69, 9.17) is 9.47 Å². The third kappa shape index (κ3) is 5.11. The molecule has 0 spiro atoms. The first-order valence-corrected chi connectivity index (χ1v) is 9.29. The average Bonchev–Trinajstić information content (AvgIpc) is 3.03. The van der Waals surface area contributed by atoms with Crippen LogP contribution in [0.25, 0.3) is 0 Å². The molecule has 0 aliphatic heterocycles. The molecule has 9 nitrogen and oxygen atoms in total. The molecule has 0 saturated carbocycles. The van der Waals surface area contributed by atoms with E-state index in [0.29, 0.717) is 17.0 Å². The van der Waals surface area contributed by atoms with Crippen LogP contribution in [-0.4, -0.2) is 44.6 Å². The first kappa shape index (κ1) is 21.9. The number of carbonyl (C=O) groups is 4. The van der Waals surface area contributed by atoms with Crippen molar-refractivity contribution in [1.82, 2.24) is 0 Å². The molecule has 29 heavy (non-hydrogen) atoms. The van der Waals surface area contributed by atoms with E-state index in [0.717, 1.165) is 11.3 Å². The van der Waals surface area contributed by atoms with Crippen LogP contribution in [0.4, 0.5) is 10.7 Å². The minimum absolute atomic E-state index is 0.00839. The van der Waals surface area contributed by atoms with Crippen molar-refractivity contribution in [3.8, 4) is 5.75 Å². The molecule has 10 heteroatoms. The first-order chi connectivity index (χ1) is 13.8. The monoisotopic (exact) mass is 420 g/mol. The van der Waals surface area contributed by atoms with Crippen LogP contribution < -0.4 is 15.4 Å². The Balaban J connectivity index is 2.35. The van der Waals surface area contributed by atoms with Gasteiger partial charge in [-0.25, -0.2) is 9.59 Å². The van der Waals surface area contributed by atoms with Crippen LogP contribution >= 0.6 is 11.3 Å². The van der Waals surface area contributed by atoms with Crippen molar-refractivity contribution in [3.05, 3.63) is 40.3 Å². The zero-order valence-electron chi connectivity index (χ0n) is 16.3. The number of benzene rings is 1. The van der Waals surface area contributed by atoms with Gasteiger partial charge in [-0.3, -0.25) is 9.59 Å². The summed E-state index contributed by atoms with van der Waals surface area (Å²) in [5, 5.41) is 5.03. The SMILES string of the molecule is CCOC(=O)C(=O)Nc1sc(C(=O)Nc2cccc(OC)c2)c(C)c1C(=O)OC. The number of amides is 2. The Bertz CT molecular complexity index is 952. The Morgan fingerprint density at radius 2 is 1.83 bits per heavy atom. The van der Waals surface area contributed by atoms with Gasteiger partial charge in [-0.05, 0) is 31.5 Å². The van der Waals surface area contributed by atoms with Crippen molar-refractivity contribution < 1.29 is 33.4 Å². The van der Waals surface area contributed by atoms with E-state index in [2.05, 4.69) is 15.4 Å². The van der Waals surface area contributed by atoms with Crippen molar-refractivity contribution >= 4 is 45.8 Å². The molecule has 0 bridgehead atoms. The van der Waals surface area contributed by atoms with Gasteiger partial charge in [-0.2, -0.15) is 0 Å². The molecule has 0 unspecified atom stereocenters. The number of ether oxygens (including phenoxy) is 3. The molecule has 0 aliphatic carbocycles. The number of esters is 2. The van der Waals surface area contributed by atoms with Crippen LogP contribution in [0.1, 0.15) is 32.5 Å².